The summed E-state index contributed by atoms with van der Waals surface area (Å²) in [5.41, 5.74) is 5.47. The highest BCUT2D eigenvalue weighted by Gasteiger charge is 2.07. The van der Waals surface area contributed by atoms with E-state index in [-0.39, 0.29) is 18.3 Å². The van der Waals surface area contributed by atoms with Gasteiger partial charge in [-0.3, -0.25) is 10.2 Å². The van der Waals surface area contributed by atoms with E-state index in [2.05, 4.69) is 5.32 Å². The Kier molecular flexibility index (Phi) is 3.94. The van der Waals surface area contributed by atoms with Gasteiger partial charge >= 0.3 is 0 Å². The molecule has 0 aliphatic rings. The monoisotopic (exact) mass is 245 g/mol. The SMILES string of the molecule is N=C(N)CNC(=O)c1ccc(Cl)c(Cl)c1. The molecule has 0 heterocycles. The number of hydrogen-bond donors (Lipinski definition) is 3. The third-order valence-corrected chi connectivity index (χ3v) is 2.36. The van der Waals surface area contributed by atoms with Gasteiger partial charge in [0.15, 0.2) is 0 Å². The maximum atomic E-state index is 11.4. The van der Waals surface area contributed by atoms with Crippen LogP contribution in [0.2, 0.25) is 10.0 Å². The highest BCUT2D eigenvalue weighted by molar-refractivity contribution is 6.42. The molecule has 80 valence electrons. The minimum atomic E-state index is -0.344. The molecule has 1 aromatic rings. The maximum Gasteiger partial charge on any atom is 0.251 e. The molecule has 15 heavy (non-hydrogen) atoms. The van der Waals surface area contributed by atoms with Gasteiger partial charge in [-0.2, -0.15) is 0 Å². The molecule has 0 spiro atoms. The Bertz CT molecular complexity index is 406. The molecule has 0 saturated heterocycles. The van der Waals surface area contributed by atoms with Crippen LogP contribution in [0.15, 0.2) is 18.2 Å². The highest BCUT2D eigenvalue weighted by Crippen LogP contribution is 2.22. The molecular weight excluding hydrogens is 237 g/mol. The third-order valence-electron chi connectivity index (χ3n) is 1.62. The van der Waals surface area contributed by atoms with Crippen molar-refractivity contribution in [2.75, 3.05) is 6.54 Å². The highest BCUT2D eigenvalue weighted by atomic mass is 35.5. The number of halogens is 2. The molecule has 6 heteroatoms. The van der Waals surface area contributed by atoms with Crippen LogP contribution in [0.5, 0.6) is 0 Å². The zero-order chi connectivity index (χ0) is 11.4. The van der Waals surface area contributed by atoms with Crippen molar-refractivity contribution in [2.45, 2.75) is 0 Å². The fraction of sp³-hybridized carbons (Fsp3) is 0.111. The molecule has 0 fully saturated rings. The summed E-state index contributed by atoms with van der Waals surface area (Å²) in [4.78, 5) is 11.4. The quantitative estimate of drug-likeness (QED) is 0.560. The Morgan fingerprint density at radius 1 is 1.40 bits per heavy atom. The predicted octanol–water partition coefficient (Wildman–Crippen LogP) is 1.66. The normalized spacial score (nSPS) is 9.73. The number of benzene rings is 1. The molecule has 0 aromatic heterocycles. The van der Waals surface area contributed by atoms with Crippen LogP contribution in [0, 0.1) is 5.41 Å². The Morgan fingerprint density at radius 2 is 2.07 bits per heavy atom. The molecule has 0 atom stereocenters. The summed E-state index contributed by atoms with van der Waals surface area (Å²) in [6.45, 7) is 0.0130. The molecule has 1 amide bonds. The van der Waals surface area contributed by atoms with Gasteiger partial charge in [-0.15, -0.1) is 0 Å². The van der Waals surface area contributed by atoms with Crippen LogP contribution in [0.3, 0.4) is 0 Å². The summed E-state index contributed by atoms with van der Waals surface area (Å²) in [7, 11) is 0. The summed E-state index contributed by atoms with van der Waals surface area (Å²) in [5.74, 6) is -0.452. The summed E-state index contributed by atoms with van der Waals surface area (Å²) < 4.78 is 0. The van der Waals surface area contributed by atoms with E-state index in [4.69, 9.17) is 34.3 Å². The van der Waals surface area contributed by atoms with E-state index >= 15 is 0 Å². The van der Waals surface area contributed by atoms with Gasteiger partial charge in [0.25, 0.3) is 5.91 Å². The number of nitrogens with two attached hydrogens (primary N) is 1. The molecule has 0 aliphatic heterocycles. The van der Waals surface area contributed by atoms with Gasteiger partial charge < -0.3 is 11.1 Å². The second kappa shape index (κ2) is 5.00. The van der Waals surface area contributed by atoms with Crippen molar-refractivity contribution in [1.29, 1.82) is 5.41 Å². The maximum absolute atomic E-state index is 11.4. The second-order valence-corrected chi connectivity index (χ2v) is 3.65. The predicted molar refractivity (Wildman–Crippen MR) is 60.7 cm³/mol. The van der Waals surface area contributed by atoms with Crippen LogP contribution in [0.25, 0.3) is 0 Å². The average molecular weight is 246 g/mol. The Hall–Kier alpha value is -1.26. The van der Waals surface area contributed by atoms with E-state index < -0.39 is 0 Å². The number of hydrogen-bond acceptors (Lipinski definition) is 2. The van der Waals surface area contributed by atoms with Crippen LogP contribution >= 0.6 is 23.2 Å². The van der Waals surface area contributed by atoms with E-state index in [0.29, 0.717) is 15.6 Å². The zero-order valence-electron chi connectivity index (χ0n) is 7.68. The van der Waals surface area contributed by atoms with E-state index in [1.807, 2.05) is 0 Å². The molecule has 1 aromatic carbocycles. The van der Waals surface area contributed by atoms with Gasteiger partial charge in [0, 0.05) is 5.56 Å². The van der Waals surface area contributed by atoms with E-state index in [0.717, 1.165) is 0 Å². The Labute approximate surface area is 96.9 Å². The van der Waals surface area contributed by atoms with Crippen molar-refractivity contribution in [3.05, 3.63) is 33.8 Å². The molecule has 4 N–H and O–H groups in total. The van der Waals surface area contributed by atoms with Gasteiger partial charge in [0.05, 0.1) is 16.6 Å². The van der Waals surface area contributed by atoms with Crippen molar-refractivity contribution in [1.82, 2.24) is 5.32 Å². The number of amides is 1. The van der Waals surface area contributed by atoms with E-state index in [1.165, 1.54) is 12.1 Å². The summed E-state index contributed by atoms with van der Waals surface area (Å²) in [6, 6.07) is 4.54. The molecule has 0 aliphatic carbocycles. The lowest BCUT2D eigenvalue weighted by Crippen LogP contribution is -2.32. The Balaban J connectivity index is 2.74. The first-order chi connectivity index (χ1) is 7.00. The Morgan fingerprint density at radius 3 is 2.60 bits per heavy atom. The molecule has 1 rings (SSSR count). The summed E-state index contributed by atoms with van der Waals surface area (Å²) in [6.07, 6.45) is 0. The largest absolute Gasteiger partial charge is 0.386 e. The van der Waals surface area contributed by atoms with Gasteiger partial charge in [0.2, 0.25) is 0 Å². The fourth-order valence-corrected chi connectivity index (χ4v) is 1.21. The number of amidine groups is 1. The number of carbonyl (C=O) groups excluding carboxylic acids is 1. The van der Waals surface area contributed by atoms with Crippen LogP contribution in [-0.4, -0.2) is 18.3 Å². The third kappa shape index (κ3) is 3.42. The lowest BCUT2D eigenvalue weighted by molar-refractivity contribution is 0.0959. The van der Waals surface area contributed by atoms with Crippen molar-refractivity contribution in [3.8, 4) is 0 Å². The van der Waals surface area contributed by atoms with Gasteiger partial charge in [-0.05, 0) is 18.2 Å². The summed E-state index contributed by atoms with van der Waals surface area (Å²) in [5, 5.41) is 10.1. The smallest absolute Gasteiger partial charge is 0.251 e. The molecule has 0 bridgehead atoms. The average Bonchev–Trinajstić information content (AvgIpc) is 2.18. The van der Waals surface area contributed by atoms with Crippen LogP contribution in [0.1, 0.15) is 10.4 Å². The number of carbonyl (C=O) groups is 1. The molecule has 0 unspecified atom stereocenters. The van der Waals surface area contributed by atoms with Gasteiger partial charge in [-0.1, -0.05) is 23.2 Å². The van der Waals surface area contributed by atoms with Crippen LogP contribution < -0.4 is 11.1 Å². The van der Waals surface area contributed by atoms with Crippen molar-refractivity contribution in [3.63, 3.8) is 0 Å². The molecule has 0 saturated carbocycles. The van der Waals surface area contributed by atoms with Crippen molar-refractivity contribution >= 4 is 34.9 Å². The lowest BCUT2D eigenvalue weighted by atomic mass is 10.2. The first-order valence-corrected chi connectivity index (χ1v) is 4.82. The zero-order valence-corrected chi connectivity index (χ0v) is 9.19. The molecule has 4 nitrogen and oxygen atoms in total. The second-order valence-electron chi connectivity index (χ2n) is 2.84. The van der Waals surface area contributed by atoms with Gasteiger partial charge in [0.1, 0.15) is 5.84 Å². The fourth-order valence-electron chi connectivity index (χ4n) is 0.915. The van der Waals surface area contributed by atoms with Crippen LogP contribution in [-0.2, 0) is 0 Å². The number of nitrogens with one attached hydrogen (secondary N) is 2. The minimum Gasteiger partial charge on any atom is -0.386 e. The van der Waals surface area contributed by atoms with E-state index in [1.54, 1.807) is 6.07 Å². The van der Waals surface area contributed by atoms with Crippen LogP contribution in [0.4, 0.5) is 0 Å². The van der Waals surface area contributed by atoms with Crippen molar-refractivity contribution < 1.29 is 4.79 Å². The molecule has 0 radical (unpaired) electrons. The first kappa shape index (κ1) is 11.8. The number of rotatable bonds is 3. The summed E-state index contributed by atoms with van der Waals surface area (Å²) >= 11 is 11.4. The lowest BCUT2D eigenvalue weighted by Gasteiger charge is -2.04. The van der Waals surface area contributed by atoms with Gasteiger partial charge in [-0.25, -0.2) is 0 Å². The topological polar surface area (TPSA) is 79.0 Å². The van der Waals surface area contributed by atoms with E-state index in [9.17, 15) is 4.79 Å². The standard InChI is InChI=1S/C9H9Cl2N3O/c10-6-2-1-5(3-7(6)11)9(15)14-4-8(12)13/h1-3H,4H2,(H3,12,13)(H,14,15). The molecular formula is C9H9Cl2N3O. The van der Waals surface area contributed by atoms with Crippen molar-refractivity contribution in [2.24, 2.45) is 5.73 Å². The first-order valence-electron chi connectivity index (χ1n) is 4.07. The minimum absolute atomic E-state index is 0.0130.